The van der Waals surface area contributed by atoms with Crippen LogP contribution >= 0.6 is 0 Å². The van der Waals surface area contributed by atoms with Crippen LogP contribution in [0, 0.1) is 0 Å². The molecule has 2 amide bonds. The topological polar surface area (TPSA) is 70.7 Å². The molecule has 9 heteroatoms. The van der Waals surface area contributed by atoms with Crippen LogP contribution in [0.25, 0.3) is 0 Å². The van der Waals surface area contributed by atoms with Crippen LogP contribution in [-0.4, -0.2) is 49.3 Å². The molecule has 2 N–H and O–H groups in total. The normalized spacial score (nSPS) is 12.6. The predicted octanol–water partition coefficient (Wildman–Crippen LogP) is 2.76. The van der Waals surface area contributed by atoms with Crippen molar-refractivity contribution in [2.45, 2.75) is 39.1 Å². The lowest BCUT2D eigenvalue weighted by Crippen LogP contribution is -2.41. The first-order chi connectivity index (χ1) is 12.1. The highest BCUT2D eigenvalue weighted by atomic mass is 19.4. The summed E-state index contributed by atoms with van der Waals surface area (Å²) in [5.74, 6) is -0.924. The number of amides is 2. The van der Waals surface area contributed by atoms with E-state index in [9.17, 15) is 22.8 Å². The van der Waals surface area contributed by atoms with E-state index in [2.05, 4.69) is 15.4 Å². The molecule has 0 aliphatic rings. The highest BCUT2D eigenvalue weighted by Gasteiger charge is 2.30. The molecule has 6 nitrogen and oxygen atoms in total. The zero-order valence-corrected chi connectivity index (χ0v) is 15.0. The van der Waals surface area contributed by atoms with Crippen LogP contribution in [-0.2, 0) is 9.59 Å². The number of halogens is 3. The van der Waals surface area contributed by atoms with E-state index < -0.39 is 6.36 Å². The van der Waals surface area contributed by atoms with E-state index in [0.717, 1.165) is 25.0 Å². The molecule has 0 radical (unpaired) electrons. The van der Waals surface area contributed by atoms with Crippen molar-refractivity contribution in [3.8, 4) is 5.75 Å². The summed E-state index contributed by atoms with van der Waals surface area (Å²) in [6.45, 7) is 3.98. The average Bonchev–Trinajstić information content (AvgIpc) is 2.47. The van der Waals surface area contributed by atoms with Crippen molar-refractivity contribution in [2.24, 2.45) is 0 Å². The lowest BCUT2D eigenvalue weighted by atomic mass is 10.2. The second-order valence-electron chi connectivity index (χ2n) is 6.05. The van der Waals surface area contributed by atoms with E-state index in [1.54, 1.807) is 11.9 Å². The van der Waals surface area contributed by atoms with E-state index in [-0.39, 0.29) is 36.7 Å². The van der Waals surface area contributed by atoms with E-state index in [4.69, 9.17) is 0 Å². The fourth-order valence-electron chi connectivity index (χ4n) is 2.31. The summed E-state index contributed by atoms with van der Waals surface area (Å²) in [6, 6.07) is 4.90. The average molecular weight is 375 g/mol. The third-order valence-electron chi connectivity index (χ3n) is 3.33. The largest absolute Gasteiger partial charge is 0.573 e. The lowest BCUT2D eigenvalue weighted by Gasteiger charge is -2.18. The Hall–Kier alpha value is -2.29. The summed E-state index contributed by atoms with van der Waals surface area (Å²) in [6.07, 6.45) is -2.92. The van der Waals surface area contributed by atoms with Crippen LogP contribution in [0.3, 0.4) is 0 Å². The molecule has 0 unspecified atom stereocenters. The highest BCUT2D eigenvalue weighted by Crippen LogP contribution is 2.23. The van der Waals surface area contributed by atoms with E-state index in [1.165, 1.54) is 12.1 Å². The Balaban J connectivity index is 2.42. The molecule has 0 bridgehead atoms. The molecule has 0 spiro atoms. The maximum atomic E-state index is 12.1. The number of hydrogen-bond acceptors (Lipinski definition) is 4. The van der Waals surface area contributed by atoms with Crippen molar-refractivity contribution < 1.29 is 27.5 Å². The van der Waals surface area contributed by atoms with Crippen molar-refractivity contribution in [1.29, 1.82) is 0 Å². The van der Waals surface area contributed by atoms with Crippen LogP contribution < -0.4 is 15.4 Å². The summed E-state index contributed by atoms with van der Waals surface area (Å²) >= 11 is 0. The summed E-state index contributed by atoms with van der Waals surface area (Å²) < 4.78 is 40.0. The summed E-state index contributed by atoms with van der Waals surface area (Å²) in [5, 5.41) is 5.39. The number of benzene rings is 1. The molecule has 0 fully saturated rings. The molecule has 26 heavy (non-hydrogen) atoms. The Morgan fingerprint density at radius 2 is 1.73 bits per heavy atom. The smallest absolute Gasteiger partial charge is 0.406 e. The van der Waals surface area contributed by atoms with Crippen molar-refractivity contribution in [2.75, 3.05) is 25.5 Å². The number of anilines is 1. The zero-order valence-electron chi connectivity index (χ0n) is 15.0. The molecule has 1 atom stereocenters. The molecule has 0 aliphatic carbocycles. The molecule has 1 rings (SSSR count). The maximum absolute atomic E-state index is 12.1. The van der Waals surface area contributed by atoms with Crippen molar-refractivity contribution >= 4 is 17.5 Å². The van der Waals surface area contributed by atoms with Crippen molar-refractivity contribution in [3.05, 3.63) is 24.3 Å². The molecular formula is C17H24F3N3O3. The number of nitrogens with one attached hydrogen (secondary N) is 2. The number of hydrogen-bond donors (Lipinski definition) is 2. The molecule has 0 aromatic heterocycles. The Kier molecular flexibility index (Phi) is 8.37. The first kappa shape index (κ1) is 21.8. The minimum absolute atomic E-state index is 0.0314. The van der Waals surface area contributed by atoms with Gasteiger partial charge in [-0.25, -0.2) is 0 Å². The first-order valence-corrected chi connectivity index (χ1v) is 8.22. The SMILES string of the molecule is CCC[C@@H](C)NC(=O)CN(C)CC(=O)Nc1ccc(OC(F)(F)F)cc1. The first-order valence-electron chi connectivity index (χ1n) is 8.22. The van der Waals surface area contributed by atoms with E-state index >= 15 is 0 Å². The molecule has 0 heterocycles. The molecule has 0 saturated carbocycles. The summed E-state index contributed by atoms with van der Waals surface area (Å²) in [7, 11) is 1.63. The quantitative estimate of drug-likeness (QED) is 0.696. The Morgan fingerprint density at radius 1 is 1.15 bits per heavy atom. The molecule has 1 aromatic carbocycles. The van der Waals surface area contributed by atoms with E-state index in [0.29, 0.717) is 5.69 Å². The van der Waals surface area contributed by atoms with Gasteiger partial charge in [0.25, 0.3) is 0 Å². The van der Waals surface area contributed by atoms with Gasteiger partial charge in [0.05, 0.1) is 13.1 Å². The van der Waals surface area contributed by atoms with Gasteiger partial charge in [-0.1, -0.05) is 13.3 Å². The van der Waals surface area contributed by atoms with Gasteiger partial charge < -0.3 is 15.4 Å². The fourth-order valence-corrected chi connectivity index (χ4v) is 2.31. The monoisotopic (exact) mass is 375 g/mol. The van der Waals surface area contributed by atoms with Gasteiger partial charge in [0.2, 0.25) is 11.8 Å². The number of nitrogens with zero attached hydrogens (tertiary/aromatic N) is 1. The van der Waals surface area contributed by atoms with Crippen molar-refractivity contribution in [3.63, 3.8) is 0 Å². The van der Waals surface area contributed by atoms with Gasteiger partial charge >= 0.3 is 6.36 Å². The summed E-state index contributed by atoms with van der Waals surface area (Å²) in [5.41, 5.74) is 0.332. The van der Waals surface area contributed by atoms with Gasteiger partial charge in [-0.2, -0.15) is 0 Å². The van der Waals surface area contributed by atoms with Crippen LogP contribution in [0.15, 0.2) is 24.3 Å². The third-order valence-corrected chi connectivity index (χ3v) is 3.33. The molecule has 0 aliphatic heterocycles. The number of likely N-dealkylation sites (N-methyl/N-ethyl adjacent to an activating group) is 1. The highest BCUT2D eigenvalue weighted by molar-refractivity contribution is 5.92. The van der Waals surface area contributed by atoms with Gasteiger partial charge in [0, 0.05) is 11.7 Å². The number of carbonyl (C=O) groups excluding carboxylic acids is 2. The minimum Gasteiger partial charge on any atom is -0.406 e. The van der Waals surface area contributed by atoms with Gasteiger partial charge in [-0.05, 0) is 44.7 Å². The van der Waals surface area contributed by atoms with Gasteiger partial charge in [-0.15, -0.1) is 13.2 Å². The summed E-state index contributed by atoms with van der Waals surface area (Å²) in [4.78, 5) is 25.3. The molecular weight excluding hydrogens is 351 g/mol. The number of carbonyl (C=O) groups is 2. The fraction of sp³-hybridized carbons (Fsp3) is 0.529. The predicted molar refractivity (Wildman–Crippen MR) is 91.8 cm³/mol. The molecule has 146 valence electrons. The molecule has 0 saturated heterocycles. The second-order valence-corrected chi connectivity index (χ2v) is 6.05. The van der Waals surface area contributed by atoms with Crippen LogP contribution in [0.2, 0.25) is 0 Å². The standard InChI is InChI=1S/C17H24F3N3O3/c1-4-5-12(2)21-15(24)10-23(3)11-16(25)22-13-6-8-14(9-7-13)26-17(18,19)20/h6-9,12H,4-5,10-11H2,1-3H3,(H,21,24)(H,22,25)/t12-/m1/s1. The zero-order chi connectivity index (χ0) is 19.7. The second kappa shape index (κ2) is 10.0. The van der Waals surface area contributed by atoms with Crippen molar-refractivity contribution in [1.82, 2.24) is 10.2 Å². The van der Waals surface area contributed by atoms with Gasteiger partial charge in [0.1, 0.15) is 5.75 Å². The number of rotatable bonds is 9. The number of alkyl halides is 3. The minimum atomic E-state index is -4.76. The number of ether oxygens (including phenoxy) is 1. The Morgan fingerprint density at radius 3 is 2.27 bits per heavy atom. The van der Waals surface area contributed by atoms with Crippen LogP contribution in [0.5, 0.6) is 5.75 Å². The van der Waals surface area contributed by atoms with Crippen LogP contribution in [0.4, 0.5) is 18.9 Å². The van der Waals surface area contributed by atoms with E-state index in [1.807, 2.05) is 13.8 Å². The van der Waals surface area contributed by atoms with Gasteiger partial charge in [-0.3, -0.25) is 14.5 Å². The lowest BCUT2D eigenvalue weighted by molar-refractivity contribution is -0.274. The van der Waals surface area contributed by atoms with Gasteiger partial charge in [0.15, 0.2) is 0 Å². The molecule has 1 aromatic rings. The Labute approximate surface area is 150 Å². The maximum Gasteiger partial charge on any atom is 0.573 e. The Bertz CT molecular complexity index is 591. The third kappa shape index (κ3) is 9.26. The van der Waals surface area contributed by atoms with Crippen LogP contribution in [0.1, 0.15) is 26.7 Å².